The van der Waals surface area contributed by atoms with Crippen LogP contribution in [-0.4, -0.2) is 31.8 Å². The number of hydrogen-bond acceptors (Lipinski definition) is 6. The van der Waals surface area contributed by atoms with Crippen molar-refractivity contribution in [3.05, 3.63) is 98.3 Å². The van der Waals surface area contributed by atoms with Crippen LogP contribution in [0.5, 0.6) is 5.75 Å². The van der Waals surface area contributed by atoms with Crippen LogP contribution in [0.25, 0.3) is 5.69 Å². The van der Waals surface area contributed by atoms with Crippen LogP contribution in [0.1, 0.15) is 17.1 Å². The predicted molar refractivity (Wildman–Crippen MR) is 114 cm³/mol. The van der Waals surface area contributed by atoms with E-state index in [0.717, 1.165) is 11.3 Å². The van der Waals surface area contributed by atoms with Gasteiger partial charge in [-0.1, -0.05) is 30.0 Å². The second-order valence-corrected chi connectivity index (χ2v) is 7.59. The molecular weight excluding hydrogens is 421 g/mol. The lowest BCUT2D eigenvalue weighted by Gasteiger charge is -2.11. The van der Waals surface area contributed by atoms with Gasteiger partial charge in [-0.15, -0.1) is 10.2 Å². The van der Waals surface area contributed by atoms with Gasteiger partial charge in [0.05, 0.1) is 12.8 Å². The van der Waals surface area contributed by atoms with Crippen molar-refractivity contribution in [2.75, 3.05) is 7.11 Å². The summed E-state index contributed by atoms with van der Waals surface area (Å²) in [6, 6.07) is 15.0. The van der Waals surface area contributed by atoms with Crippen molar-refractivity contribution >= 4 is 11.8 Å². The number of H-pyrrole nitrogens is 2. The van der Waals surface area contributed by atoms with Gasteiger partial charge < -0.3 is 9.72 Å². The Hall–Kier alpha value is -3.66. The van der Waals surface area contributed by atoms with Crippen LogP contribution < -0.4 is 16.0 Å². The van der Waals surface area contributed by atoms with Gasteiger partial charge >= 0.3 is 5.69 Å². The van der Waals surface area contributed by atoms with Crippen molar-refractivity contribution < 1.29 is 9.13 Å². The van der Waals surface area contributed by atoms with Crippen LogP contribution in [0.2, 0.25) is 0 Å². The molecule has 0 spiro atoms. The molecule has 2 N–H and O–H groups in total. The molecule has 0 unspecified atom stereocenters. The lowest BCUT2D eigenvalue weighted by atomic mass is 10.2. The van der Waals surface area contributed by atoms with Crippen molar-refractivity contribution in [1.82, 2.24) is 24.7 Å². The molecule has 0 fully saturated rings. The van der Waals surface area contributed by atoms with Crippen molar-refractivity contribution in [1.29, 1.82) is 0 Å². The van der Waals surface area contributed by atoms with Gasteiger partial charge in [-0.25, -0.2) is 9.18 Å². The molecular formula is C21H18FN5O3S. The number of nitrogens with one attached hydrogen (secondary N) is 2. The predicted octanol–water partition coefficient (Wildman–Crippen LogP) is 2.67. The minimum atomic E-state index is -0.587. The number of aromatic nitrogens is 5. The number of ether oxygens (including phenoxy) is 1. The maximum Gasteiger partial charge on any atom is 0.325 e. The third-order valence-corrected chi connectivity index (χ3v) is 5.43. The van der Waals surface area contributed by atoms with Crippen LogP contribution in [0.4, 0.5) is 4.39 Å². The summed E-state index contributed by atoms with van der Waals surface area (Å²) in [5.41, 5.74) is 0.897. The quantitative estimate of drug-likeness (QED) is 0.429. The smallest absolute Gasteiger partial charge is 0.325 e. The van der Waals surface area contributed by atoms with Crippen molar-refractivity contribution in [3.8, 4) is 11.4 Å². The average Bonchev–Trinajstić information content (AvgIpc) is 3.14. The largest absolute Gasteiger partial charge is 0.497 e. The molecule has 10 heteroatoms. The summed E-state index contributed by atoms with van der Waals surface area (Å²) >= 11 is 1.40. The molecule has 2 aromatic carbocycles. The molecule has 0 saturated heterocycles. The maximum absolute atomic E-state index is 13.5. The lowest BCUT2D eigenvalue weighted by Crippen LogP contribution is -2.23. The molecule has 0 aliphatic rings. The van der Waals surface area contributed by atoms with Crippen LogP contribution >= 0.6 is 11.8 Å². The molecule has 0 atom stereocenters. The highest BCUT2D eigenvalue weighted by Gasteiger charge is 2.16. The monoisotopic (exact) mass is 439 g/mol. The van der Waals surface area contributed by atoms with E-state index in [1.807, 2.05) is 34.9 Å². The Bertz CT molecular complexity index is 1300. The van der Waals surface area contributed by atoms with Crippen molar-refractivity contribution in [2.45, 2.75) is 17.3 Å². The first-order valence-corrected chi connectivity index (χ1v) is 10.3. The van der Waals surface area contributed by atoms with Gasteiger partial charge in [-0.05, 0) is 29.8 Å². The molecule has 4 rings (SSSR count). The van der Waals surface area contributed by atoms with Crippen LogP contribution in [-0.2, 0) is 12.2 Å². The minimum Gasteiger partial charge on any atom is -0.497 e. The van der Waals surface area contributed by atoms with Crippen molar-refractivity contribution in [3.63, 3.8) is 0 Å². The Kier molecular flexibility index (Phi) is 5.99. The van der Waals surface area contributed by atoms with E-state index in [-0.39, 0.29) is 12.2 Å². The molecule has 0 amide bonds. The Balaban J connectivity index is 1.72. The molecule has 158 valence electrons. The summed E-state index contributed by atoms with van der Waals surface area (Å²) in [5.74, 6) is 1.37. The van der Waals surface area contributed by atoms with E-state index in [4.69, 9.17) is 4.74 Å². The van der Waals surface area contributed by atoms with Crippen LogP contribution in [0, 0.1) is 5.82 Å². The fourth-order valence-electron chi connectivity index (χ4n) is 3.08. The summed E-state index contributed by atoms with van der Waals surface area (Å²) < 4.78 is 20.7. The third kappa shape index (κ3) is 4.92. The summed E-state index contributed by atoms with van der Waals surface area (Å²) in [5, 5.41) is 9.15. The topological polar surface area (TPSA) is 106 Å². The minimum absolute atomic E-state index is 0.184. The molecule has 2 heterocycles. The van der Waals surface area contributed by atoms with Crippen molar-refractivity contribution in [2.24, 2.45) is 0 Å². The summed E-state index contributed by atoms with van der Waals surface area (Å²) in [4.78, 5) is 28.0. The highest BCUT2D eigenvalue weighted by atomic mass is 32.2. The molecule has 0 saturated carbocycles. The number of hydrogen-bond donors (Lipinski definition) is 2. The zero-order valence-electron chi connectivity index (χ0n) is 16.5. The van der Waals surface area contributed by atoms with E-state index in [1.54, 1.807) is 13.2 Å². The Morgan fingerprint density at radius 1 is 1.06 bits per heavy atom. The van der Waals surface area contributed by atoms with Gasteiger partial charge in [0.25, 0.3) is 5.56 Å². The SMILES string of the molecule is COc1cccc(-n2c(Cc3cc(=O)[nH]c(=O)[nH]3)nnc2SCc2cccc(F)c2)c1. The number of benzene rings is 2. The lowest BCUT2D eigenvalue weighted by molar-refractivity contribution is 0.414. The number of aromatic amines is 2. The van der Waals surface area contributed by atoms with Gasteiger partial charge in [-0.3, -0.25) is 14.3 Å². The number of thioether (sulfide) groups is 1. The molecule has 0 radical (unpaired) electrons. The molecule has 8 nitrogen and oxygen atoms in total. The van der Waals surface area contributed by atoms with E-state index < -0.39 is 11.2 Å². The summed E-state index contributed by atoms with van der Waals surface area (Å²) in [6.45, 7) is 0. The Morgan fingerprint density at radius 3 is 2.68 bits per heavy atom. The molecule has 2 aromatic heterocycles. The van der Waals surface area contributed by atoms with Gasteiger partial charge in [0.15, 0.2) is 5.16 Å². The normalized spacial score (nSPS) is 10.9. The number of halogens is 1. The van der Waals surface area contributed by atoms with E-state index >= 15 is 0 Å². The fourth-order valence-corrected chi connectivity index (χ4v) is 3.99. The van der Waals surface area contributed by atoms with E-state index in [2.05, 4.69) is 20.2 Å². The zero-order chi connectivity index (χ0) is 21.8. The average molecular weight is 439 g/mol. The van der Waals surface area contributed by atoms with E-state index in [0.29, 0.717) is 28.2 Å². The van der Waals surface area contributed by atoms with Gasteiger partial charge in [-0.2, -0.15) is 0 Å². The third-order valence-electron chi connectivity index (χ3n) is 4.43. The highest BCUT2D eigenvalue weighted by Crippen LogP contribution is 2.27. The Labute approximate surface area is 180 Å². The van der Waals surface area contributed by atoms with Crippen LogP contribution in [0.3, 0.4) is 0 Å². The van der Waals surface area contributed by atoms with E-state index in [9.17, 15) is 14.0 Å². The first kappa shape index (κ1) is 20.6. The second kappa shape index (κ2) is 9.00. The van der Waals surface area contributed by atoms with Gasteiger partial charge in [0.2, 0.25) is 0 Å². The first-order chi connectivity index (χ1) is 15.0. The number of methoxy groups -OCH3 is 1. The van der Waals surface area contributed by atoms with E-state index in [1.165, 1.54) is 30.0 Å². The Morgan fingerprint density at radius 2 is 1.90 bits per heavy atom. The second-order valence-electron chi connectivity index (χ2n) is 6.64. The molecule has 31 heavy (non-hydrogen) atoms. The number of nitrogens with zero attached hydrogens (tertiary/aromatic N) is 3. The standard InChI is InChI=1S/C21H18FN5O3S/c1-30-17-7-3-6-16(11-17)27-18(9-15-10-19(28)24-20(29)23-15)25-26-21(27)31-12-13-4-2-5-14(22)8-13/h2-8,10-11H,9,12H2,1H3,(H2,23,24,28,29). The summed E-state index contributed by atoms with van der Waals surface area (Å²) in [7, 11) is 1.58. The van der Waals surface area contributed by atoms with Gasteiger partial charge in [0, 0.05) is 30.0 Å². The van der Waals surface area contributed by atoms with Gasteiger partial charge in [0.1, 0.15) is 17.4 Å². The summed E-state index contributed by atoms with van der Waals surface area (Å²) in [6.07, 6.45) is 0.184. The molecule has 0 bridgehead atoms. The zero-order valence-corrected chi connectivity index (χ0v) is 17.3. The molecule has 0 aliphatic heterocycles. The van der Waals surface area contributed by atoms with Crippen LogP contribution in [0.15, 0.2) is 69.3 Å². The first-order valence-electron chi connectivity index (χ1n) is 9.30. The number of rotatable bonds is 7. The molecule has 0 aliphatic carbocycles. The molecule has 4 aromatic rings. The highest BCUT2D eigenvalue weighted by molar-refractivity contribution is 7.98. The maximum atomic E-state index is 13.5. The fraction of sp³-hybridized carbons (Fsp3) is 0.143.